The molecule has 0 aromatic carbocycles. The summed E-state index contributed by atoms with van der Waals surface area (Å²) >= 11 is 0. The molecule has 11 heavy (non-hydrogen) atoms. The normalized spacial score (nSPS) is 18.8. The predicted molar refractivity (Wildman–Crippen MR) is 40.4 cm³/mol. The van der Waals surface area contributed by atoms with Gasteiger partial charge in [0.1, 0.15) is 0 Å². The molecule has 1 aliphatic rings. The van der Waals surface area contributed by atoms with E-state index in [9.17, 15) is 0 Å². The smallest absolute Gasteiger partial charge is 0.180 e. The van der Waals surface area contributed by atoms with E-state index in [1.54, 1.807) is 14.2 Å². The fourth-order valence-corrected chi connectivity index (χ4v) is 0.827. The Bertz CT molecular complexity index is 102. The molecule has 0 atom stereocenters. The average Bonchev–Trinajstić information content (AvgIpc) is 1.95. The van der Waals surface area contributed by atoms with Crippen LogP contribution in [0.4, 0.5) is 0 Å². The molecule has 0 amide bonds. The van der Waals surface area contributed by atoms with Crippen LogP contribution in [-0.4, -0.2) is 46.3 Å². The van der Waals surface area contributed by atoms with E-state index in [0.29, 0.717) is 12.7 Å². The van der Waals surface area contributed by atoms with Crippen LogP contribution in [0.5, 0.6) is 0 Å². The molecule has 4 heteroatoms. The highest BCUT2D eigenvalue weighted by Gasteiger charge is 2.18. The number of ether oxygens (including phenoxy) is 3. The van der Waals surface area contributed by atoms with Crippen molar-refractivity contribution in [3.63, 3.8) is 0 Å². The molecule has 66 valence electrons. The molecular formula is C7H15NO3. The third-order valence-electron chi connectivity index (χ3n) is 1.74. The Morgan fingerprint density at radius 2 is 2.00 bits per heavy atom. The van der Waals surface area contributed by atoms with Gasteiger partial charge in [0, 0.05) is 27.3 Å². The van der Waals surface area contributed by atoms with Crippen molar-refractivity contribution >= 4 is 0 Å². The van der Waals surface area contributed by atoms with Crippen molar-refractivity contribution in [2.24, 2.45) is 0 Å². The Labute approximate surface area is 66.8 Å². The van der Waals surface area contributed by atoms with Crippen molar-refractivity contribution in [2.75, 3.05) is 33.9 Å². The first kappa shape index (κ1) is 8.93. The van der Waals surface area contributed by atoms with Crippen molar-refractivity contribution < 1.29 is 14.2 Å². The lowest BCUT2D eigenvalue weighted by Crippen LogP contribution is -2.49. The van der Waals surface area contributed by atoms with Gasteiger partial charge in [0.2, 0.25) is 0 Å². The third-order valence-corrected chi connectivity index (χ3v) is 1.74. The molecule has 0 aromatic heterocycles. The highest BCUT2D eigenvalue weighted by Crippen LogP contribution is 2.00. The maximum absolute atomic E-state index is 5.41. The molecule has 0 aromatic rings. The number of hydrogen-bond acceptors (Lipinski definition) is 4. The fraction of sp³-hybridized carbons (Fsp3) is 1.00. The van der Waals surface area contributed by atoms with Crippen LogP contribution < -0.4 is 5.32 Å². The van der Waals surface area contributed by atoms with E-state index in [1.165, 1.54) is 0 Å². The van der Waals surface area contributed by atoms with Crippen molar-refractivity contribution in [3.05, 3.63) is 0 Å². The average molecular weight is 161 g/mol. The highest BCUT2D eigenvalue weighted by molar-refractivity contribution is 4.74. The van der Waals surface area contributed by atoms with Crippen molar-refractivity contribution in [2.45, 2.75) is 12.4 Å². The Morgan fingerprint density at radius 1 is 1.36 bits per heavy atom. The van der Waals surface area contributed by atoms with Gasteiger partial charge in [-0.25, -0.2) is 0 Å². The highest BCUT2D eigenvalue weighted by atomic mass is 16.7. The van der Waals surface area contributed by atoms with Gasteiger partial charge >= 0.3 is 0 Å². The minimum atomic E-state index is -0.226. The zero-order chi connectivity index (χ0) is 8.10. The molecule has 1 heterocycles. The second-order valence-corrected chi connectivity index (χ2v) is 2.51. The monoisotopic (exact) mass is 161 g/mol. The second kappa shape index (κ2) is 4.66. The fourth-order valence-electron chi connectivity index (χ4n) is 0.827. The van der Waals surface area contributed by atoms with Crippen LogP contribution in [0.3, 0.4) is 0 Å². The van der Waals surface area contributed by atoms with E-state index in [4.69, 9.17) is 14.2 Å². The summed E-state index contributed by atoms with van der Waals surface area (Å²) in [7, 11) is 3.22. The predicted octanol–water partition coefficient (Wildman–Crippen LogP) is -0.406. The van der Waals surface area contributed by atoms with Crippen LogP contribution in [0.25, 0.3) is 0 Å². The van der Waals surface area contributed by atoms with Gasteiger partial charge in [-0.05, 0) is 0 Å². The molecule has 1 fully saturated rings. The van der Waals surface area contributed by atoms with Gasteiger partial charge in [0.25, 0.3) is 0 Å². The first-order chi connectivity index (χ1) is 5.36. The van der Waals surface area contributed by atoms with Crippen LogP contribution in [0.15, 0.2) is 0 Å². The van der Waals surface area contributed by atoms with E-state index < -0.39 is 0 Å². The van der Waals surface area contributed by atoms with E-state index >= 15 is 0 Å². The van der Waals surface area contributed by atoms with Crippen molar-refractivity contribution in [1.29, 1.82) is 0 Å². The van der Waals surface area contributed by atoms with Crippen molar-refractivity contribution in [1.82, 2.24) is 5.32 Å². The second-order valence-electron chi connectivity index (χ2n) is 2.51. The lowest BCUT2D eigenvalue weighted by Gasteiger charge is -2.28. The van der Waals surface area contributed by atoms with Gasteiger partial charge in [0.05, 0.1) is 12.7 Å². The first-order valence-corrected chi connectivity index (χ1v) is 3.74. The Kier molecular flexibility index (Phi) is 3.79. The molecule has 1 N–H and O–H groups in total. The molecule has 1 saturated heterocycles. The summed E-state index contributed by atoms with van der Waals surface area (Å²) in [6.45, 7) is 2.40. The van der Waals surface area contributed by atoms with Crippen molar-refractivity contribution in [3.8, 4) is 0 Å². The summed E-state index contributed by atoms with van der Waals surface area (Å²) in [6, 6.07) is 0. The van der Waals surface area contributed by atoms with Gasteiger partial charge in [-0.3, -0.25) is 0 Å². The number of hydrogen-bond donors (Lipinski definition) is 1. The molecular weight excluding hydrogens is 146 g/mol. The summed E-state index contributed by atoms with van der Waals surface area (Å²) in [5.41, 5.74) is 0. The van der Waals surface area contributed by atoms with Gasteiger partial charge in [-0.2, -0.15) is 0 Å². The largest absolute Gasteiger partial charge is 0.370 e. The lowest BCUT2D eigenvalue weighted by atomic mass is 10.2. The van der Waals surface area contributed by atoms with Gasteiger partial charge in [-0.1, -0.05) is 0 Å². The molecule has 0 radical (unpaired) electrons. The SMILES string of the molecule is COC(COC1CNC1)OC. The zero-order valence-corrected chi connectivity index (χ0v) is 7.00. The maximum Gasteiger partial charge on any atom is 0.180 e. The Morgan fingerprint density at radius 3 is 2.36 bits per heavy atom. The number of nitrogens with one attached hydrogen (secondary N) is 1. The Hall–Kier alpha value is -0.160. The van der Waals surface area contributed by atoms with E-state index in [1.807, 2.05) is 0 Å². The topological polar surface area (TPSA) is 39.7 Å². The summed E-state index contributed by atoms with van der Waals surface area (Å²) in [6.07, 6.45) is 0.124. The molecule has 1 aliphatic heterocycles. The Balaban J connectivity index is 1.99. The standard InChI is InChI=1S/C7H15NO3/c1-9-7(10-2)5-11-6-3-8-4-6/h6-8H,3-5H2,1-2H3. The summed E-state index contributed by atoms with van der Waals surface area (Å²) in [4.78, 5) is 0. The van der Waals surface area contributed by atoms with Crippen LogP contribution >= 0.6 is 0 Å². The third kappa shape index (κ3) is 2.75. The zero-order valence-electron chi connectivity index (χ0n) is 7.00. The minimum Gasteiger partial charge on any atom is -0.370 e. The maximum atomic E-state index is 5.41. The lowest BCUT2D eigenvalue weighted by molar-refractivity contribution is -0.155. The van der Waals surface area contributed by atoms with Crippen LogP contribution in [0.2, 0.25) is 0 Å². The molecule has 1 rings (SSSR count). The minimum absolute atomic E-state index is 0.226. The van der Waals surface area contributed by atoms with Crippen LogP contribution in [-0.2, 0) is 14.2 Å². The van der Waals surface area contributed by atoms with E-state index in [2.05, 4.69) is 5.32 Å². The van der Waals surface area contributed by atoms with E-state index in [0.717, 1.165) is 13.1 Å². The number of methoxy groups -OCH3 is 2. The summed E-state index contributed by atoms with van der Waals surface area (Å²) < 4.78 is 15.3. The molecule has 0 saturated carbocycles. The molecule has 4 nitrogen and oxygen atoms in total. The van der Waals surface area contributed by atoms with Gasteiger partial charge in [0.15, 0.2) is 6.29 Å². The van der Waals surface area contributed by atoms with Gasteiger partial charge in [-0.15, -0.1) is 0 Å². The summed E-state index contributed by atoms with van der Waals surface area (Å²) in [5.74, 6) is 0. The quantitative estimate of drug-likeness (QED) is 0.557. The molecule has 0 unspecified atom stereocenters. The van der Waals surface area contributed by atoms with Crippen LogP contribution in [0.1, 0.15) is 0 Å². The van der Waals surface area contributed by atoms with Crippen LogP contribution in [0, 0.1) is 0 Å². The number of rotatable bonds is 5. The molecule has 0 bridgehead atoms. The molecule has 0 spiro atoms. The van der Waals surface area contributed by atoms with E-state index in [-0.39, 0.29) is 6.29 Å². The molecule has 0 aliphatic carbocycles. The van der Waals surface area contributed by atoms with Gasteiger partial charge < -0.3 is 19.5 Å². The summed E-state index contributed by atoms with van der Waals surface area (Å²) in [5, 5.41) is 3.11. The first-order valence-electron chi connectivity index (χ1n) is 3.74.